The van der Waals surface area contributed by atoms with Gasteiger partial charge in [0.05, 0.1) is 19.2 Å². The van der Waals surface area contributed by atoms with Gasteiger partial charge in [0, 0.05) is 5.39 Å². The van der Waals surface area contributed by atoms with Gasteiger partial charge in [-0.1, -0.05) is 18.2 Å². The monoisotopic (exact) mass is 368 g/mol. The van der Waals surface area contributed by atoms with Gasteiger partial charge in [-0.05, 0) is 42.3 Å². The Bertz CT molecular complexity index is 967. The number of anilines is 1. The van der Waals surface area contributed by atoms with E-state index < -0.39 is 12.0 Å². The van der Waals surface area contributed by atoms with E-state index in [0.717, 1.165) is 27.8 Å². The van der Waals surface area contributed by atoms with Crippen molar-refractivity contribution in [3.8, 4) is 16.9 Å². The maximum Gasteiger partial charge on any atom is 0.325 e. The van der Waals surface area contributed by atoms with Gasteiger partial charge in [0.1, 0.15) is 12.3 Å². The number of fused-ring (bicyclic) bond motifs is 1. The molecule has 8 heteroatoms. The number of amides is 2. The number of urea groups is 1. The highest BCUT2D eigenvalue weighted by molar-refractivity contribution is 6.00. The molecule has 0 saturated heterocycles. The fourth-order valence-electron chi connectivity index (χ4n) is 2.61. The molecule has 0 atom stereocenters. The summed E-state index contributed by atoms with van der Waals surface area (Å²) in [4.78, 5) is 23.2. The first-order valence-electron chi connectivity index (χ1n) is 8.43. The van der Waals surface area contributed by atoms with E-state index in [0.29, 0.717) is 5.82 Å². The van der Waals surface area contributed by atoms with E-state index in [2.05, 4.69) is 20.8 Å². The number of methoxy groups -OCH3 is 1. The Morgan fingerprint density at radius 1 is 1.15 bits per heavy atom. The molecular formula is C19H20N4O4. The molecule has 0 bridgehead atoms. The molecule has 3 N–H and O–H groups in total. The van der Waals surface area contributed by atoms with Crippen LogP contribution < -0.4 is 15.4 Å². The largest absolute Gasteiger partial charge is 0.497 e. The number of carbonyl (C=O) groups excluding carboxylic acids is 2. The highest BCUT2D eigenvalue weighted by Crippen LogP contribution is 2.28. The molecule has 3 aromatic rings. The number of hydrogen-bond donors (Lipinski definition) is 3. The average molecular weight is 368 g/mol. The van der Waals surface area contributed by atoms with Crippen LogP contribution in [0.5, 0.6) is 5.75 Å². The molecule has 1 aromatic heterocycles. The van der Waals surface area contributed by atoms with Gasteiger partial charge >= 0.3 is 12.0 Å². The Labute approximate surface area is 155 Å². The number of carbonyl (C=O) groups is 2. The summed E-state index contributed by atoms with van der Waals surface area (Å²) in [6.45, 7) is 1.76. The first-order valence-corrected chi connectivity index (χ1v) is 8.43. The van der Waals surface area contributed by atoms with Gasteiger partial charge in [0.25, 0.3) is 0 Å². The number of ether oxygens (including phenoxy) is 2. The van der Waals surface area contributed by atoms with E-state index in [1.807, 2.05) is 42.5 Å². The van der Waals surface area contributed by atoms with Crippen molar-refractivity contribution in [2.45, 2.75) is 6.92 Å². The summed E-state index contributed by atoms with van der Waals surface area (Å²) in [5, 5.41) is 12.8. The van der Waals surface area contributed by atoms with Crippen molar-refractivity contribution in [2.24, 2.45) is 0 Å². The topological polar surface area (TPSA) is 105 Å². The third kappa shape index (κ3) is 4.35. The first-order chi connectivity index (χ1) is 13.1. The minimum Gasteiger partial charge on any atom is -0.497 e. The number of benzene rings is 2. The van der Waals surface area contributed by atoms with Crippen molar-refractivity contribution in [2.75, 3.05) is 25.6 Å². The molecule has 0 aliphatic carbocycles. The predicted molar refractivity (Wildman–Crippen MR) is 102 cm³/mol. The van der Waals surface area contributed by atoms with Gasteiger partial charge in [0.2, 0.25) is 0 Å². The highest BCUT2D eigenvalue weighted by Gasteiger charge is 2.12. The second kappa shape index (κ2) is 8.22. The summed E-state index contributed by atoms with van der Waals surface area (Å²) in [6, 6.07) is 13.0. The lowest BCUT2D eigenvalue weighted by Gasteiger charge is -2.06. The van der Waals surface area contributed by atoms with E-state index in [9.17, 15) is 9.59 Å². The van der Waals surface area contributed by atoms with E-state index in [-0.39, 0.29) is 13.2 Å². The van der Waals surface area contributed by atoms with E-state index in [4.69, 9.17) is 9.47 Å². The lowest BCUT2D eigenvalue weighted by atomic mass is 10.0. The SMILES string of the molecule is CCOC(=O)CNC(=O)Nc1n[nH]c2cc(-c3cccc(OC)c3)ccc12. The lowest BCUT2D eigenvalue weighted by molar-refractivity contribution is -0.141. The zero-order valence-corrected chi connectivity index (χ0v) is 15.0. The minimum absolute atomic E-state index is 0.206. The number of aromatic amines is 1. The summed E-state index contributed by atoms with van der Waals surface area (Å²) in [7, 11) is 1.63. The first kappa shape index (κ1) is 18.2. The number of esters is 1. The summed E-state index contributed by atoms with van der Waals surface area (Å²) < 4.78 is 10.0. The van der Waals surface area contributed by atoms with Crippen LogP contribution in [0.1, 0.15) is 6.92 Å². The summed E-state index contributed by atoms with van der Waals surface area (Å²) >= 11 is 0. The molecule has 140 valence electrons. The molecule has 27 heavy (non-hydrogen) atoms. The van der Waals surface area contributed by atoms with Crippen molar-refractivity contribution >= 4 is 28.7 Å². The molecule has 2 aromatic carbocycles. The van der Waals surface area contributed by atoms with E-state index >= 15 is 0 Å². The smallest absolute Gasteiger partial charge is 0.325 e. The van der Waals surface area contributed by atoms with Crippen LogP contribution in [0.2, 0.25) is 0 Å². The quantitative estimate of drug-likeness (QED) is 0.580. The zero-order valence-electron chi connectivity index (χ0n) is 15.0. The van der Waals surface area contributed by atoms with Gasteiger partial charge in [-0.15, -0.1) is 0 Å². The zero-order chi connectivity index (χ0) is 19.2. The van der Waals surface area contributed by atoms with Gasteiger partial charge < -0.3 is 14.8 Å². The maximum atomic E-state index is 11.9. The molecule has 0 aliphatic heterocycles. The molecule has 0 fully saturated rings. The Kier molecular flexibility index (Phi) is 5.55. The number of nitrogens with one attached hydrogen (secondary N) is 3. The number of aromatic nitrogens is 2. The van der Waals surface area contributed by atoms with Crippen LogP contribution in [-0.4, -0.2) is 42.5 Å². The molecule has 0 spiro atoms. The molecular weight excluding hydrogens is 348 g/mol. The molecule has 2 amide bonds. The van der Waals surface area contributed by atoms with Gasteiger partial charge in [-0.2, -0.15) is 5.10 Å². The lowest BCUT2D eigenvalue weighted by Crippen LogP contribution is -2.34. The van der Waals surface area contributed by atoms with Crippen LogP contribution in [0.25, 0.3) is 22.0 Å². The third-order valence-corrected chi connectivity index (χ3v) is 3.90. The number of H-pyrrole nitrogens is 1. The summed E-state index contributed by atoms with van der Waals surface area (Å²) in [5.74, 6) is 0.656. The molecule has 0 aliphatic rings. The van der Waals surface area contributed by atoms with Crippen molar-refractivity contribution in [3.63, 3.8) is 0 Å². The normalized spacial score (nSPS) is 10.4. The number of hydrogen-bond acceptors (Lipinski definition) is 5. The fourth-order valence-corrected chi connectivity index (χ4v) is 2.61. The second-order valence-electron chi connectivity index (χ2n) is 5.68. The molecule has 8 nitrogen and oxygen atoms in total. The fraction of sp³-hybridized carbons (Fsp3) is 0.211. The minimum atomic E-state index is -0.534. The van der Waals surface area contributed by atoms with E-state index in [1.54, 1.807) is 14.0 Å². The van der Waals surface area contributed by atoms with Gasteiger partial charge in [-0.3, -0.25) is 15.2 Å². The summed E-state index contributed by atoms with van der Waals surface area (Å²) in [5.41, 5.74) is 2.77. The van der Waals surface area contributed by atoms with Crippen LogP contribution in [0.4, 0.5) is 10.6 Å². The standard InChI is InChI=1S/C19H20N4O4/c1-3-27-17(24)11-20-19(25)21-18-15-8-7-13(10-16(15)22-23-18)12-5-4-6-14(9-12)26-2/h4-10H,3,11H2,1-2H3,(H3,20,21,22,23,25). The second-order valence-corrected chi connectivity index (χ2v) is 5.68. The molecule has 0 saturated carbocycles. The van der Waals surface area contributed by atoms with E-state index in [1.165, 1.54) is 0 Å². The maximum absolute atomic E-state index is 11.9. The van der Waals surface area contributed by atoms with Crippen molar-refractivity contribution < 1.29 is 19.1 Å². The van der Waals surface area contributed by atoms with Crippen molar-refractivity contribution in [3.05, 3.63) is 42.5 Å². The average Bonchev–Trinajstić information content (AvgIpc) is 3.08. The van der Waals surface area contributed by atoms with Crippen LogP contribution in [0.3, 0.4) is 0 Å². The van der Waals surface area contributed by atoms with Gasteiger partial charge in [-0.25, -0.2) is 4.79 Å². The highest BCUT2D eigenvalue weighted by atomic mass is 16.5. The van der Waals surface area contributed by atoms with Crippen LogP contribution in [0.15, 0.2) is 42.5 Å². The Morgan fingerprint density at radius 3 is 2.74 bits per heavy atom. The van der Waals surface area contributed by atoms with Crippen molar-refractivity contribution in [1.29, 1.82) is 0 Å². The Morgan fingerprint density at radius 2 is 1.96 bits per heavy atom. The predicted octanol–water partition coefficient (Wildman–Crippen LogP) is 2.92. The summed E-state index contributed by atoms with van der Waals surface area (Å²) in [6.07, 6.45) is 0. The third-order valence-electron chi connectivity index (χ3n) is 3.90. The number of rotatable bonds is 6. The molecule has 0 radical (unpaired) electrons. The van der Waals surface area contributed by atoms with Crippen LogP contribution >= 0.6 is 0 Å². The van der Waals surface area contributed by atoms with Crippen LogP contribution in [0, 0.1) is 0 Å². The Hall–Kier alpha value is -3.55. The van der Waals surface area contributed by atoms with Crippen molar-refractivity contribution in [1.82, 2.24) is 15.5 Å². The number of nitrogens with zero attached hydrogens (tertiary/aromatic N) is 1. The molecule has 3 rings (SSSR count). The van der Waals surface area contributed by atoms with Gasteiger partial charge in [0.15, 0.2) is 5.82 Å². The Balaban J connectivity index is 1.73. The molecule has 1 heterocycles. The van der Waals surface area contributed by atoms with Crippen LogP contribution in [-0.2, 0) is 9.53 Å². The molecule has 0 unspecified atom stereocenters.